The third-order valence-corrected chi connectivity index (χ3v) is 7.23. The maximum absolute atomic E-state index is 2.59. The van der Waals surface area contributed by atoms with Crippen LogP contribution in [0.3, 0.4) is 0 Å². The van der Waals surface area contributed by atoms with Crippen molar-refractivity contribution in [3.05, 3.63) is 33.9 Å². The maximum atomic E-state index is 2.59. The molecule has 2 aliphatic carbocycles. The summed E-state index contributed by atoms with van der Waals surface area (Å²) >= 11 is 0. The Morgan fingerprint density at radius 3 is 2.12 bits per heavy atom. The van der Waals surface area contributed by atoms with Crippen LogP contribution < -0.4 is 0 Å². The van der Waals surface area contributed by atoms with Crippen molar-refractivity contribution < 1.29 is 0 Å². The molecule has 1 atom stereocenters. The second kappa shape index (κ2) is 8.91. The van der Waals surface area contributed by atoms with Gasteiger partial charge in [0.2, 0.25) is 0 Å². The van der Waals surface area contributed by atoms with Crippen molar-refractivity contribution in [2.45, 2.75) is 103 Å². The molecular formula is C25H41N. The number of benzene rings is 1. The smallest absolute Gasteiger partial charge is 0.00218 e. The molecule has 0 saturated carbocycles. The van der Waals surface area contributed by atoms with Crippen molar-refractivity contribution in [3.63, 3.8) is 0 Å². The first-order chi connectivity index (χ1) is 12.6. The highest BCUT2D eigenvalue weighted by Gasteiger charge is 2.34. The Balaban J connectivity index is 1.68. The van der Waals surface area contributed by atoms with E-state index in [0.717, 1.165) is 0 Å². The van der Waals surface area contributed by atoms with Gasteiger partial charge in [0.15, 0.2) is 0 Å². The molecule has 1 aromatic carbocycles. The Labute approximate surface area is 162 Å². The molecule has 0 spiro atoms. The number of nitrogens with zero attached hydrogens (tertiary/aromatic N) is 1. The molecule has 3 rings (SSSR count). The molecule has 0 aliphatic heterocycles. The summed E-state index contributed by atoms with van der Waals surface area (Å²) in [5, 5.41) is 0. The molecule has 146 valence electrons. The molecule has 0 aromatic heterocycles. The fourth-order valence-electron chi connectivity index (χ4n) is 5.59. The molecule has 0 amide bonds. The van der Waals surface area contributed by atoms with Gasteiger partial charge >= 0.3 is 0 Å². The molecule has 26 heavy (non-hydrogen) atoms. The third kappa shape index (κ3) is 4.19. The van der Waals surface area contributed by atoms with Crippen molar-refractivity contribution in [3.8, 4) is 0 Å². The predicted octanol–water partition coefficient (Wildman–Crippen LogP) is 6.23. The van der Waals surface area contributed by atoms with E-state index in [4.69, 9.17) is 0 Å². The van der Waals surface area contributed by atoms with E-state index >= 15 is 0 Å². The lowest BCUT2D eigenvalue weighted by molar-refractivity contribution is 0.318. The van der Waals surface area contributed by atoms with Crippen molar-refractivity contribution in [2.75, 3.05) is 20.1 Å². The fourth-order valence-corrected chi connectivity index (χ4v) is 5.59. The number of hydrogen-bond acceptors (Lipinski definition) is 1. The van der Waals surface area contributed by atoms with Crippen molar-refractivity contribution >= 4 is 0 Å². The molecule has 1 aromatic rings. The molecule has 0 radical (unpaired) electrons. The van der Waals surface area contributed by atoms with Gasteiger partial charge in [0.25, 0.3) is 0 Å². The van der Waals surface area contributed by atoms with E-state index in [0.29, 0.717) is 5.41 Å². The Hall–Kier alpha value is -0.820. The molecule has 0 saturated heterocycles. The van der Waals surface area contributed by atoms with Gasteiger partial charge in [-0.25, -0.2) is 0 Å². The minimum atomic E-state index is 0.402. The number of unbranched alkanes of at least 4 members (excludes halogenated alkanes) is 2. The molecule has 1 nitrogen and oxygen atoms in total. The van der Waals surface area contributed by atoms with Gasteiger partial charge in [0.05, 0.1) is 0 Å². The fraction of sp³-hybridized carbons (Fsp3) is 0.760. The van der Waals surface area contributed by atoms with Crippen LogP contribution in [-0.2, 0) is 31.1 Å². The molecule has 0 bridgehead atoms. The van der Waals surface area contributed by atoms with Crippen LogP contribution in [0, 0.1) is 0 Å². The van der Waals surface area contributed by atoms with E-state index in [1.165, 1.54) is 90.1 Å². The zero-order valence-electron chi connectivity index (χ0n) is 17.9. The number of hydrogen-bond donors (Lipinski definition) is 0. The summed E-state index contributed by atoms with van der Waals surface area (Å²) in [7, 11) is 2.27. The standard InChI is InChI=1S/C25H41N/c1-5-17-26(4)18-9-7-8-16-25(3,6-2)24-22-14-10-12-20(22)19-21-13-11-15-23(21)24/h19H,5-18H2,1-4H3. The average Bonchev–Trinajstić information content (AvgIpc) is 3.27. The maximum Gasteiger partial charge on any atom is -0.00218 e. The van der Waals surface area contributed by atoms with Gasteiger partial charge in [-0.1, -0.05) is 39.7 Å². The molecule has 1 heteroatoms. The quantitative estimate of drug-likeness (QED) is 0.449. The van der Waals surface area contributed by atoms with Gasteiger partial charge in [-0.05, 0) is 118 Å². The Kier molecular flexibility index (Phi) is 6.83. The largest absolute Gasteiger partial charge is 0.306 e. The highest BCUT2D eigenvalue weighted by atomic mass is 15.1. The van der Waals surface area contributed by atoms with Crippen LogP contribution in [0.1, 0.15) is 100.0 Å². The number of aryl methyl sites for hydroxylation is 2. The third-order valence-electron chi connectivity index (χ3n) is 7.23. The van der Waals surface area contributed by atoms with Gasteiger partial charge < -0.3 is 4.90 Å². The van der Waals surface area contributed by atoms with Gasteiger partial charge in [-0.15, -0.1) is 0 Å². The number of fused-ring (bicyclic) bond motifs is 2. The predicted molar refractivity (Wildman–Crippen MR) is 114 cm³/mol. The van der Waals surface area contributed by atoms with Crippen LogP contribution in [0.4, 0.5) is 0 Å². The highest BCUT2D eigenvalue weighted by molar-refractivity contribution is 5.53. The first-order valence-electron chi connectivity index (χ1n) is 11.4. The van der Waals surface area contributed by atoms with Crippen LogP contribution >= 0.6 is 0 Å². The summed E-state index contributed by atoms with van der Waals surface area (Å²) in [6.07, 6.45) is 16.2. The zero-order chi connectivity index (χ0) is 18.6. The van der Waals surface area contributed by atoms with E-state index in [2.05, 4.69) is 38.8 Å². The van der Waals surface area contributed by atoms with Crippen LogP contribution in [0.2, 0.25) is 0 Å². The van der Waals surface area contributed by atoms with Gasteiger partial charge in [-0.3, -0.25) is 0 Å². The van der Waals surface area contributed by atoms with Crippen molar-refractivity contribution in [1.82, 2.24) is 4.90 Å². The van der Waals surface area contributed by atoms with Crippen LogP contribution in [0.5, 0.6) is 0 Å². The second-order valence-corrected chi connectivity index (χ2v) is 9.26. The van der Waals surface area contributed by atoms with Gasteiger partial charge in [0.1, 0.15) is 0 Å². The van der Waals surface area contributed by atoms with Gasteiger partial charge in [-0.2, -0.15) is 0 Å². The summed E-state index contributed by atoms with van der Waals surface area (Å²) in [5.74, 6) is 0. The SMILES string of the molecule is CCCN(C)CCCCCC(C)(CC)c1c2c(cc3c1CCC3)CCC2. The molecule has 0 heterocycles. The average molecular weight is 356 g/mol. The minimum Gasteiger partial charge on any atom is -0.306 e. The zero-order valence-corrected chi connectivity index (χ0v) is 17.9. The minimum absolute atomic E-state index is 0.402. The summed E-state index contributed by atoms with van der Waals surface area (Å²) in [4.78, 5) is 2.50. The number of rotatable bonds is 10. The highest BCUT2D eigenvalue weighted by Crippen LogP contribution is 2.44. The first kappa shape index (κ1) is 19.9. The van der Waals surface area contributed by atoms with E-state index in [9.17, 15) is 0 Å². The van der Waals surface area contributed by atoms with Crippen LogP contribution in [0.15, 0.2) is 6.07 Å². The monoisotopic (exact) mass is 355 g/mol. The summed E-state index contributed by atoms with van der Waals surface area (Å²) in [6.45, 7) is 9.81. The lowest BCUT2D eigenvalue weighted by Gasteiger charge is -2.34. The normalized spacial score (nSPS) is 18.2. The van der Waals surface area contributed by atoms with Crippen molar-refractivity contribution in [1.29, 1.82) is 0 Å². The molecule has 2 aliphatic rings. The van der Waals surface area contributed by atoms with E-state index in [1.54, 1.807) is 22.3 Å². The lowest BCUT2D eigenvalue weighted by Crippen LogP contribution is -2.25. The van der Waals surface area contributed by atoms with Crippen molar-refractivity contribution in [2.24, 2.45) is 0 Å². The summed E-state index contributed by atoms with van der Waals surface area (Å²) in [6, 6.07) is 2.59. The Morgan fingerprint density at radius 1 is 0.885 bits per heavy atom. The van der Waals surface area contributed by atoms with Crippen LogP contribution in [0.25, 0.3) is 0 Å². The Bertz CT molecular complexity index is 570. The summed E-state index contributed by atoms with van der Waals surface area (Å²) in [5.41, 5.74) is 9.20. The summed E-state index contributed by atoms with van der Waals surface area (Å²) < 4.78 is 0. The molecule has 0 fully saturated rings. The van der Waals surface area contributed by atoms with Gasteiger partial charge in [0, 0.05) is 0 Å². The van der Waals surface area contributed by atoms with Crippen LogP contribution in [-0.4, -0.2) is 25.0 Å². The molecule has 1 unspecified atom stereocenters. The first-order valence-corrected chi connectivity index (χ1v) is 11.4. The lowest BCUT2D eigenvalue weighted by atomic mass is 9.71. The topological polar surface area (TPSA) is 3.24 Å². The molecular weight excluding hydrogens is 314 g/mol. The molecule has 0 N–H and O–H groups in total. The van der Waals surface area contributed by atoms with E-state index in [1.807, 2.05) is 5.56 Å². The Morgan fingerprint density at radius 2 is 1.54 bits per heavy atom. The second-order valence-electron chi connectivity index (χ2n) is 9.26. The van der Waals surface area contributed by atoms with E-state index in [-0.39, 0.29) is 0 Å². The van der Waals surface area contributed by atoms with E-state index < -0.39 is 0 Å².